The van der Waals surface area contributed by atoms with E-state index in [9.17, 15) is 0 Å². The molecule has 2 N–H and O–H groups in total. The van der Waals surface area contributed by atoms with Gasteiger partial charge in [0.2, 0.25) is 0 Å². The summed E-state index contributed by atoms with van der Waals surface area (Å²) in [7, 11) is 0. The third kappa shape index (κ3) is 3.38. The molecule has 3 heteroatoms. The van der Waals surface area contributed by atoms with E-state index in [1.54, 1.807) is 0 Å². The number of ether oxygens (including phenoxy) is 1. The molecular formula is C16H21NO2. The molecule has 0 aliphatic carbocycles. The minimum atomic E-state index is 0.420. The summed E-state index contributed by atoms with van der Waals surface area (Å²) in [5, 5.41) is 0. The predicted molar refractivity (Wildman–Crippen MR) is 76.1 cm³/mol. The van der Waals surface area contributed by atoms with Gasteiger partial charge in [-0.1, -0.05) is 32.0 Å². The quantitative estimate of drug-likeness (QED) is 0.857. The lowest BCUT2D eigenvalue weighted by Crippen LogP contribution is -2.00. The summed E-state index contributed by atoms with van der Waals surface area (Å²) in [6, 6.07) is 12.0. The molecule has 0 aliphatic heterocycles. The van der Waals surface area contributed by atoms with Crippen molar-refractivity contribution in [3.63, 3.8) is 0 Å². The van der Waals surface area contributed by atoms with Crippen LogP contribution in [0.25, 0.3) is 0 Å². The molecule has 2 aromatic rings. The molecule has 0 radical (unpaired) electrons. The van der Waals surface area contributed by atoms with Gasteiger partial charge in [0.15, 0.2) is 0 Å². The number of hydrogen-bond donors (Lipinski definition) is 1. The first-order valence-corrected chi connectivity index (χ1v) is 6.74. The lowest BCUT2D eigenvalue weighted by Gasteiger charge is -2.15. The fraction of sp³-hybridized carbons (Fsp3) is 0.375. The van der Waals surface area contributed by atoms with Crippen LogP contribution in [0.4, 0.5) is 0 Å². The van der Waals surface area contributed by atoms with Crippen LogP contribution in [0.1, 0.15) is 43.3 Å². The molecule has 0 bridgehead atoms. The molecule has 1 aromatic carbocycles. The fourth-order valence-electron chi connectivity index (χ4n) is 2.00. The summed E-state index contributed by atoms with van der Waals surface area (Å²) in [5.41, 5.74) is 6.76. The van der Waals surface area contributed by atoms with Crippen molar-refractivity contribution in [1.82, 2.24) is 0 Å². The number of furan rings is 1. The number of benzene rings is 1. The monoisotopic (exact) mass is 259 g/mol. The molecule has 0 aliphatic rings. The smallest absolute Gasteiger partial charge is 0.146 e. The Hall–Kier alpha value is -1.74. The first-order valence-electron chi connectivity index (χ1n) is 6.74. The van der Waals surface area contributed by atoms with Crippen LogP contribution < -0.4 is 10.5 Å². The minimum absolute atomic E-state index is 0.420. The molecule has 1 unspecified atom stereocenters. The zero-order valence-corrected chi connectivity index (χ0v) is 11.6. The first-order chi connectivity index (χ1) is 9.24. The molecule has 1 atom stereocenters. The SMILES string of the molecule is CCC(C)c1ccccc1OCc1ccc(CN)o1. The molecule has 0 amide bonds. The van der Waals surface area contributed by atoms with Gasteiger partial charge in [0.1, 0.15) is 23.9 Å². The van der Waals surface area contributed by atoms with E-state index in [0.29, 0.717) is 19.1 Å². The highest BCUT2D eigenvalue weighted by molar-refractivity contribution is 5.35. The average Bonchev–Trinajstić information content (AvgIpc) is 2.92. The van der Waals surface area contributed by atoms with Gasteiger partial charge in [-0.3, -0.25) is 0 Å². The van der Waals surface area contributed by atoms with E-state index in [2.05, 4.69) is 19.9 Å². The van der Waals surface area contributed by atoms with Crippen LogP contribution in [0, 0.1) is 0 Å². The van der Waals surface area contributed by atoms with E-state index in [1.165, 1.54) is 5.56 Å². The molecule has 19 heavy (non-hydrogen) atoms. The van der Waals surface area contributed by atoms with Crippen molar-refractivity contribution in [2.24, 2.45) is 5.73 Å². The van der Waals surface area contributed by atoms with Gasteiger partial charge < -0.3 is 14.9 Å². The van der Waals surface area contributed by atoms with Gasteiger partial charge in [0.05, 0.1) is 6.54 Å². The molecule has 1 heterocycles. The molecule has 102 valence electrons. The third-order valence-corrected chi connectivity index (χ3v) is 3.35. The standard InChI is InChI=1S/C16H21NO2/c1-3-12(2)15-6-4-5-7-16(15)18-11-14-9-8-13(10-17)19-14/h4-9,12H,3,10-11,17H2,1-2H3. The third-order valence-electron chi connectivity index (χ3n) is 3.35. The molecule has 0 fully saturated rings. The summed E-state index contributed by atoms with van der Waals surface area (Å²) in [4.78, 5) is 0. The van der Waals surface area contributed by atoms with Crippen LogP contribution >= 0.6 is 0 Å². The Morgan fingerprint density at radius 3 is 2.58 bits per heavy atom. The van der Waals surface area contributed by atoms with Crippen LogP contribution in [0.3, 0.4) is 0 Å². The highest BCUT2D eigenvalue weighted by Crippen LogP contribution is 2.29. The topological polar surface area (TPSA) is 48.4 Å². The largest absolute Gasteiger partial charge is 0.485 e. The summed E-state index contributed by atoms with van der Waals surface area (Å²) < 4.78 is 11.4. The molecule has 0 saturated heterocycles. The van der Waals surface area contributed by atoms with E-state index in [0.717, 1.165) is 23.7 Å². The summed E-state index contributed by atoms with van der Waals surface area (Å²) in [5.74, 6) is 3.02. The lowest BCUT2D eigenvalue weighted by atomic mass is 9.98. The molecule has 1 aromatic heterocycles. The van der Waals surface area contributed by atoms with E-state index in [-0.39, 0.29) is 0 Å². The minimum Gasteiger partial charge on any atom is -0.485 e. The van der Waals surface area contributed by atoms with Crippen molar-refractivity contribution in [3.05, 3.63) is 53.5 Å². The van der Waals surface area contributed by atoms with Crippen LogP contribution in [0.15, 0.2) is 40.8 Å². The van der Waals surface area contributed by atoms with Crippen LogP contribution in [-0.2, 0) is 13.2 Å². The van der Waals surface area contributed by atoms with Crippen LogP contribution in [0.5, 0.6) is 5.75 Å². The van der Waals surface area contributed by atoms with E-state index in [4.69, 9.17) is 14.9 Å². The van der Waals surface area contributed by atoms with E-state index >= 15 is 0 Å². The Morgan fingerprint density at radius 2 is 1.89 bits per heavy atom. The lowest BCUT2D eigenvalue weighted by molar-refractivity contribution is 0.262. The second kappa shape index (κ2) is 6.43. The summed E-state index contributed by atoms with van der Waals surface area (Å²) >= 11 is 0. The van der Waals surface area contributed by atoms with E-state index in [1.807, 2.05) is 30.3 Å². The molecule has 0 saturated carbocycles. The van der Waals surface area contributed by atoms with Crippen molar-refractivity contribution in [1.29, 1.82) is 0 Å². The zero-order chi connectivity index (χ0) is 13.7. The van der Waals surface area contributed by atoms with Gasteiger partial charge in [0, 0.05) is 0 Å². The Kier molecular flexibility index (Phi) is 4.63. The van der Waals surface area contributed by atoms with Crippen molar-refractivity contribution < 1.29 is 9.15 Å². The maximum Gasteiger partial charge on any atom is 0.146 e. The Balaban J connectivity index is 2.06. The molecular weight excluding hydrogens is 238 g/mol. The molecule has 0 spiro atoms. The molecule has 3 nitrogen and oxygen atoms in total. The maximum atomic E-state index is 5.87. The van der Waals surface area contributed by atoms with Gasteiger partial charge in [0.25, 0.3) is 0 Å². The van der Waals surface area contributed by atoms with Crippen molar-refractivity contribution >= 4 is 0 Å². The van der Waals surface area contributed by atoms with Crippen LogP contribution in [0.2, 0.25) is 0 Å². The zero-order valence-electron chi connectivity index (χ0n) is 11.6. The molecule has 2 rings (SSSR count). The second-order valence-corrected chi connectivity index (χ2v) is 4.71. The highest BCUT2D eigenvalue weighted by atomic mass is 16.5. The number of hydrogen-bond acceptors (Lipinski definition) is 3. The van der Waals surface area contributed by atoms with Crippen molar-refractivity contribution in [2.75, 3.05) is 0 Å². The van der Waals surface area contributed by atoms with Gasteiger partial charge in [-0.25, -0.2) is 0 Å². The predicted octanol–water partition coefficient (Wildman–Crippen LogP) is 3.83. The van der Waals surface area contributed by atoms with E-state index < -0.39 is 0 Å². The van der Waals surface area contributed by atoms with Gasteiger partial charge >= 0.3 is 0 Å². The first kappa shape index (κ1) is 13.7. The number of rotatable bonds is 6. The Bertz CT molecular complexity index is 519. The van der Waals surface area contributed by atoms with Gasteiger partial charge in [-0.15, -0.1) is 0 Å². The Labute approximate surface area is 114 Å². The van der Waals surface area contributed by atoms with Crippen LogP contribution in [-0.4, -0.2) is 0 Å². The average molecular weight is 259 g/mol. The maximum absolute atomic E-state index is 5.87. The summed E-state index contributed by atoms with van der Waals surface area (Å²) in [6.45, 7) is 5.25. The normalized spacial score (nSPS) is 12.4. The number of para-hydroxylation sites is 1. The Morgan fingerprint density at radius 1 is 1.16 bits per heavy atom. The second-order valence-electron chi connectivity index (χ2n) is 4.71. The van der Waals surface area contributed by atoms with Crippen molar-refractivity contribution in [3.8, 4) is 5.75 Å². The number of nitrogens with two attached hydrogens (primary N) is 1. The van der Waals surface area contributed by atoms with Gasteiger partial charge in [-0.2, -0.15) is 0 Å². The fourth-order valence-corrected chi connectivity index (χ4v) is 2.00. The van der Waals surface area contributed by atoms with Gasteiger partial charge in [-0.05, 0) is 36.1 Å². The summed E-state index contributed by atoms with van der Waals surface area (Å²) in [6.07, 6.45) is 1.10. The van der Waals surface area contributed by atoms with Crippen molar-refractivity contribution in [2.45, 2.75) is 39.3 Å². The highest BCUT2D eigenvalue weighted by Gasteiger charge is 2.10.